The molecule has 0 aliphatic heterocycles. The molecule has 0 amide bonds. The van der Waals surface area contributed by atoms with Gasteiger partial charge in [0.25, 0.3) is 0 Å². The van der Waals surface area contributed by atoms with Gasteiger partial charge in [0.1, 0.15) is 0 Å². The lowest BCUT2D eigenvalue weighted by atomic mass is 10.3. The Kier molecular flexibility index (Phi) is 2.88. The highest BCUT2D eigenvalue weighted by Gasteiger charge is 1.85. The third-order valence-electron chi connectivity index (χ3n) is 0.609. The summed E-state index contributed by atoms with van der Waals surface area (Å²) in [7, 11) is 3.28. The highest BCUT2D eigenvalue weighted by molar-refractivity contribution is 6.13. The smallest absolute Gasteiger partial charge is 0.0444 e. The van der Waals surface area contributed by atoms with Crippen LogP contribution < -0.4 is 0 Å². The van der Waals surface area contributed by atoms with E-state index in [-0.39, 0.29) is 5.54 Å². The molecule has 0 aliphatic rings. The van der Waals surface area contributed by atoms with Gasteiger partial charge in [-0.3, -0.25) is 0 Å². The maximum atomic E-state index is 4.98. The predicted octanol–water partition coefficient (Wildman–Crippen LogP) is 0.987. The molecular formula is C5H7Si. The molecule has 0 N–H and O–H groups in total. The minimum Gasteiger partial charge on any atom is -0.120 e. The third-order valence-corrected chi connectivity index (χ3v) is 1.18. The van der Waals surface area contributed by atoms with Crippen LogP contribution in [-0.2, 0) is 0 Å². The fourth-order valence-electron chi connectivity index (χ4n) is 0.118. The Morgan fingerprint density at radius 1 is 2.00 bits per heavy atom. The van der Waals surface area contributed by atoms with E-state index < -0.39 is 0 Å². The van der Waals surface area contributed by atoms with Crippen molar-refractivity contribution in [2.24, 2.45) is 0 Å². The monoisotopic (exact) mass is 95.0 g/mol. The summed E-state index contributed by atoms with van der Waals surface area (Å²) in [6.45, 7) is 2.04. The Bertz CT molecular complexity index is 60.8. The molecule has 3 radical (unpaired) electrons. The minimum absolute atomic E-state index is 0.269. The third kappa shape index (κ3) is 2.04. The summed E-state index contributed by atoms with van der Waals surface area (Å²) < 4.78 is 0. The fraction of sp³-hybridized carbons (Fsp3) is 0.600. The molecule has 0 nitrogen and oxygen atoms in total. The quantitative estimate of drug-likeness (QED) is 0.336. The summed E-state index contributed by atoms with van der Waals surface area (Å²) in [4.78, 5) is 0. The lowest BCUT2D eigenvalue weighted by Gasteiger charge is -1.90. The summed E-state index contributed by atoms with van der Waals surface area (Å²) >= 11 is 0. The SMILES string of the molecule is C#CC([Si])CC. The van der Waals surface area contributed by atoms with Crippen molar-refractivity contribution < 1.29 is 0 Å². The van der Waals surface area contributed by atoms with Crippen molar-refractivity contribution in [2.45, 2.75) is 18.9 Å². The zero-order chi connectivity index (χ0) is 4.99. The topological polar surface area (TPSA) is 0 Å². The van der Waals surface area contributed by atoms with Crippen molar-refractivity contribution in [3.05, 3.63) is 0 Å². The molecule has 0 aromatic rings. The summed E-state index contributed by atoms with van der Waals surface area (Å²) in [5.41, 5.74) is 0.269. The Hall–Kier alpha value is -0.223. The van der Waals surface area contributed by atoms with Gasteiger partial charge in [-0.05, 0) is 6.42 Å². The van der Waals surface area contributed by atoms with Gasteiger partial charge >= 0.3 is 0 Å². The molecule has 31 valence electrons. The molecule has 0 fully saturated rings. The van der Waals surface area contributed by atoms with Crippen molar-refractivity contribution in [2.75, 3.05) is 0 Å². The first kappa shape index (κ1) is 5.78. The molecule has 1 atom stereocenters. The van der Waals surface area contributed by atoms with Crippen molar-refractivity contribution in [3.8, 4) is 12.3 Å². The number of hydrogen-bond acceptors (Lipinski definition) is 0. The number of terminal acetylenes is 1. The molecule has 1 heteroatoms. The van der Waals surface area contributed by atoms with Crippen molar-refractivity contribution in [3.63, 3.8) is 0 Å². The van der Waals surface area contributed by atoms with Crippen LogP contribution in [0.2, 0.25) is 5.54 Å². The van der Waals surface area contributed by atoms with Crippen LogP contribution in [0.4, 0.5) is 0 Å². The standard InChI is InChI=1S/C5H7Si/c1-3-5(6)4-2/h1,5H,4H2,2H3. The predicted molar refractivity (Wildman–Crippen MR) is 28.6 cm³/mol. The second-order valence-electron chi connectivity index (χ2n) is 1.13. The minimum atomic E-state index is 0.269. The van der Waals surface area contributed by atoms with Crippen LogP contribution >= 0.6 is 0 Å². The second kappa shape index (κ2) is 2.99. The van der Waals surface area contributed by atoms with Crippen LogP contribution in [0, 0.1) is 12.3 Å². The van der Waals surface area contributed by atoms with E-state index in [1.165, 1.54) is 0 Å². The van der Waals surface area contributed by atoms with E-state index in [1.54, 1.807) is 0 Å². The molecule has 0 bridgehead atoms. The fourth-order valence-corrected chi connectivity index (χ4v) is 0.118. The zero-order valence-corrected chi connectivity index (χ0v) is 4.86. The second-order valence-corrected chi connectivity index (χ2v) is 1.82. The molecule has 0 saturated heterocycles. The Balaban J connectivity index is 3.04. The zero-order valence-electron chi connectivity index (χ0n) is 3.86. The molecule has 0 saturated carbocycles. The average Bonchev–Trinajstić information content (AvgIpc) is 1.65. The molecule has 6 heavy (non-hydrogen) atoms. The van der Waals surface area contributed by atoms with E-state index in [0.29, 0.717) is 0 Å². The molecule has 0 aromatic heterocycles. The molecule has 0 heterocycles. The van der Waals surface area contributed by atoms with E-state index >= 15 is 0 Å². The average molecular weight is 95.2 g/mol. The van der Waals surface area contributed by atoms with Crippen LogP contribution in [-0.4, -0.2) is 10.2 Å². The van der Waals surface area contributed by atoms with Gasteiger partial charge in [0.15, 0.2) is 0 Å². The van der Waals surface area contributed by atoms with E-state index in [9.17, 15) is 0 Å². The van der Waals surface area contributed by atoms with E-state index in [1.807, 2.05) is 6.92 Å². The first-order chi connectivity index (χ1) is 2.81. The number of hydrogen-bond donors (Lipinski definition) is 0. The normalized spacial score (nSPS) is 12.8. The molecule has 1 unspecified atom stereocenters. The lowest BCUT2D eigenvalue weighted by molar-refractivity contribution is 0.978. The highest BCUT2D eigenvalue weighted by atomic mass is 28.1. The van der Waals surface area contributed by atoms with Crippen LogP contribution in [0.5, 0.6) is 0 Å². The highest BCUT2D eigenvalue weighted by Crippen LogP contribution is 1.98. The van der Waals surface area contributed by atoms with Crippen LogP contribution in [0.1, 0.15) is 13.3 Å². The van der Waals surface area contributed by atoms with Gasteiger partial charge in [-0.15, -0.1) is 12.3 Å². The Morgan fingerprint density at radius 3 is 2.50 bits per heavy atom. The van der Waals surface area contributed by atoms with Gasteiger partial charge in [-0.25, -0.2) is 0 Å². The van der Waals surface area contributed by atoms with Crippen LogP contribution in [0.15, 0.2) is 0 Å². The van der Waals surface area contributed by atoms with Crippen molar-refractivity contribution in [1.29, 1.82) is 0 Å². The van der Waals surface area contributed by atoms with Gasteiger partial charge in [0.2, 0.25) is 0 Å². The number of rotatable bonds is 1. The molecule has 0 rings (SSSR count). The Labute approximate surface area is 42.4 Å². The lowest BCUT2D eigenvalue weighted by Crippen LogP contribution is -1.80. The first-order valence-corrected chi connectivity index (χ1v) is 2.56. The van der Waals surface area contributed by atoms with Gasteiger partial charge < -0.3 is 0 Å². The molecule has 0 spiro atoms. The van der Waals surface area contributed by atoms with Crippen molar-refractivity contribution in [1.82, 2.24) is 0 Å². The van der Waals surface area contributed by atoms with Gasteiger partial charge in [-0.2, -0.15) is 0 Å². The maximum absolute atomic E-state index is 4.98. The molecular weight excluding hydrogens is 88.1 g/mol. The van der Waals surface area contributed by atoms with Gasteiger partial charge in [0, 0.05) is 15.8 Å². The van der Waals surface area contributed by atoms with Crippen molar-refractivity contribution >= 4 is 10.2 Å². The summed E-state index contributed by atoms with van der Waals surface area (Å²) in [5, 5.41) is 0. The van der Waals surface area contributed by atoms with Crippen LogP contribution in [0.25, 0.3) is 0 Å². The van der Waals surface area contributed by atoms with Gasteiger partial charge in [0.05, 0.1) is 0 Å². The van der Waals surface area contributed by atoms with E-state index in [0.717, 1.165) is 6.42 Å². The molecule has 0 aromatic carbocycles. The van der Waals surface area contributed by atoms with Gasteiger partial charge in [-0.1, -0.05) is 6.92 Å². The Morgan fingerprint density at radius 2 is 2.50 bits per heavy atom. The summed E-state index contributed by atoms with van der Waals surface area (Å²) in [5.74, 6) is 2.53. The van der Waals surface area contributed by atoms with Crippen LogP contribution in [0.3, 0.4) is 0 Å². The van der Waals surface area contributed by atoms with E-state index in [2.05, 4.69) is 16.2 Å². The van der Waals surface area contributed by atoms with E-state index in [4.69, 9.17) is 6.42 Å². The maximum Gasteiger partial charge on any atom is 0.0444 e. The molecule has 0 aliphatic carbocycles. The summed E-state index contributed by atoms with van der Waals surface area (Å²) in [6.07, 6.45) is 5.99. The first-order valence-electron chi connectivity index (χ1n) is 1.98. The summed E-state index contributed by atoms with van der Waals surface area (Å²) in [6, 6.07) is 0. The largest absolute Gasteiger partial charge is 0.120 e.